The fourth-order valence-corrected chi connectivity index (χ4v) is 2.09. The molecule has 0 unspecified atom stereocenters. The molecule has 1 aromatic heterocycles. The van der Waals surface area contributed by atoms with Gasteiger partial charge in [0.05, 0.1) is 19.2 Å². The molecular weight excluding hydrogens is 289 g/mol. The van der Waals surface area contributed by atoms with Crippen molar-refractivity contribution in [3.05, 3.63) is 64.0 Å². The van der Waals surface area contributed by atoms with E-state index >= 15 is 0 Å². The Bertz CT molecular complexity index is 709. The number of hydrogen-bond donors (Lipinski definition) is 1. The van der Waals surface area contributed by atoms with Gasteiger partial charge in [-0.15, -0.1) is 0 Å². The number of halogens is 1. The maximum absolute atomic E-state index is 13.0. The zero-order valence-corrected chi connectivity index (χ0v) is 12.3. The summed E-state index contributed by atoms with van der Waals surface area (Å²) < 4.78 is 23.2. The van der Waals surface area contributed by atoms with Crippen LogP contribution < -0.4 is 15.7 Å². The molecule has 1 atom stereocenters. The van der Waals surface area contributed by atoms with E-state index in [1.54, 1.807) is 18.2 Å². The molecule has 0 aliphatic rings. The zero-order chi connectivity index (χ0) is 16.1. The lowest BCUT2D eigenvalue weighted by Crippen LogP contribution is -2.28. The Hall–Kier alpha value is -2.63. The molecule has 1 heterocycles. The average molecular weight is 305 g/mol. The van der Waals surface area contributed by atoms with Crippen LogP contribution in [0.15, 0.2) is 45.6 Å². The van der Waals surface area contributed by atoms with Crippen molar-refractivity contribution in [1.29, 1.82) is 0 Å². The SMILES string of the molecule is COc1cc([C@H](Cc2ccc(F)cc2)NC(C)=O)oc(=O)c1. The Morgan fingerprint density at radius 2 is 2.00 bits per heavy atom. The predicted octanol–water partition coefficient (Wildman–Crippen LogP) is 2.21. The summed E-state index contributed by atoms with van der Waals surface area (Å²) in [5.74, 6) is 0.0231. The topological polar surface area (TPSA) is 68.5 Å². The van der Waals surface area contributed by atoms with E-state index < -0.39 is 11.7 Å². The first kappa shape index (κ1) is 15.8. The molecule has 0 saturated heterocycles. The molecule has 22 heavy (non-hydrogen) atoms. The highest BCUT2D eigenvalue weighted by Gasteiger charge is 2.18. The van der Waals surface area contributed by atoms with E-state index in [0.29, 0.717) is 12.2 Å². The number of nitrogens with one attached hydrogen (secondary N) is 1. The second-order valence-electron chi connectivity index (χ2n) is 4.80. The van der Waals surface area contributed by atoms with E-state index in [9.17, 15) is 14.0 Å². The molecule has 0 aliphatic carbocycles. The van der Waals surface area contributed by atoms with Crippen LogP contribution in [0, 0.1) is 5.82 Å². The first-order valence-corrected chi connectivity index (χ1v) is 6.68. The van der Waals surface area contributed by atoms with E-state index in [0.717, 1.165) is 5.56 Å². The van der Waals surface area contributed by atoms with Gasteiger partial charge in [0.25, 0.3) is 0 Å². The number of methoxy groups -OCH3 is 1. The summed E-state index contributed by atoms with van der Waals surface area (Å²) in [6, 6.07) is 8.11. The van der Waals surface area contributed by atoms with Gasteiger partial charge in [-0.2, -0.15) is 0 Å². The molecule has 5 nitrogen and oxygen atoms in total. The number of benzene rings is 1. The lowest BCUT2D eigenvalue weighted by Gasteiger charge is -2.17. The molecule has 0 fully saturated rings. The summed E-state index contributed by atoms with van der Waals surface area (Å²) in [7, 11) is 1.44. The molecule has 0 spiro atoms. The molecule has 1 aromatic carbocycles. The van der Waals surface area contributed by atoms with E-state index in [2.05, 4.69) is 5.32 Å². The molecule has 0 bridgehead atoms. The van der Waals surface area contributed by atoms with Crippen LogP contribution in [0.5, 0.6) is 5.75 Å². The van der Waals surface area contributed by atoms with Crippen molar-refractivity contribution in [3.63, 3.8) is 0 Å². The highest BCUT2D eigenvalue weighted by Crippen LogP contribution is 2.21. The minimum Gasteiger partial charge on any atom is -0.496 e. The Balaban J connectivity index is 2.33. The predicted molar refractivity (Wildman–Crippen MR) is 78.2 cm³/mol. The van der Waals surface area contributed by atoms with Gasteiger partial charge in [-0.1, -0.05) is 12.1 Å². The lowest BCUT2D eigenvalue weighted by atomic mass is 10.0. The van der Waals surface area contributed by atoms with Gasteiger partial charge in [0, 0.05) is 13.0 Å². The summed E-state index contributed by atoms with van der Waals surface area (Å²) in [5.41, 5.74) is 0.231. The number of rotatable bonds is 5. The fraction of sp³-hybridized carbons (Fsp3) is 0.250. The van der Waals surface area contributed by atoms with Gasteiger partial charge < -0.3 is 14.5 Å². The molecule has 116 valence electrons. The highest BCUT2D eigenvalue weighted by atomic mass is 19.1. The molecule has 6 heteroatoms. The van der Waals surface area contributed by atoms with Crippen LogP contribution in [0.1, 0.15) is 24.3 Å². The maximum Gasteiger partial charge on any atom is 0.339 e. The monoisotopic (exact) mass is 305 g/mol. The molecule has 1 N–H and O–H groups in total. The van der Waals surface area contributed by atoms with Crippen LogP contribution in [0.2, 0.25) is 0 Å². The van der Waals surface area contributed by atoms with Gasteiger partial charge in [-0.25, -0.2) is 9.18 Å². The second-order valence-corrected chi connectivity index (χ2v) is 4.80. The summed E-state index contributed by atoms with van der Waals surface area (Å²) in [5, 5.41) is 2.72. The first-order chi connectivity index (χ1) is 10.5. The highest BCUT2D eigenvalue weighted by molar-refractivity contribution is 5.73. The zero-order valence-electron chi connectivity index (χ0n) is 12.3. The number of hydrogen-bond acceptors (Lipinski definition) is 4. The summed E-state index contributed by atoms with van der Waals surface area (Å²) >= 11 is 0. The standard InChI is InChI=1S/C16H16FNO4/c1-10(19)18-14(7-11-3-5-12(17)6-4-11)15-8-13(21-2)9-16(20)22-15/h3-6,8-9,14H,7H2,1-2H3,(H,18,19)/t14-/m0/s1. The van der Waals surface area contributed by atoms with Gasteiger partial charge in [-0.05, 0) is 24.1 Å². The van der Waals surface area contributed by atoms with E-state index in [1.165, 1.54) is 32.2 Å². The molecule has 0 aliphatic heterocycles. The number of carbonyl (C=O) groups is 1. The minimum absolute atomic E-state index is 0.266. The summed E-state index contributed by atoms with van der Waals surface area (Å²) in [4.78, 5) is 22.9. The minimum atomic E-state index is -0.566. The van der Waals surface area contributed by atoms with Crippen molar-refractivity contribution in [2.24, 2.45) is 0 Å². The average Bonchev–Trinajstić information content (AvgIpc) is 2.47. The molecule has 0 saturated carbocycles. The smallest absolute Gasteiger partial charge is 0.339 e. The van der Waals surface area contributed by atoms with Crippen LogP contribution in [0.3, 0.4) is 0 Å². The van der Waals surface area contributed by atoms with E-state index in [-0.39, 0.29) is 17.5 Å². The van der Waals surface area contributed by atoms with Crippen molar-refractivity contribution < 1.29 is 18.3 Å². The van der Waals surface area contributed by atoms with Crippen molar-refractivity contribution in [2.75, 3.05) is 7.11 Å². The van der Waals surface area contributed by atoms with Crippen molar-refractivity contribution >= 4 is 5.91 Å². The molecule has 2 aromatic rings. The number of amides is 1. The first-order valence-electron chi connectivity index (χ1n) is 6.68. The van der Waals surface area contributed by atoms with Gasteiger partial charge in [0.1, 0.15) is 17.3 Å². The van der Waals surface area contributed by atoms with E-state index in [4.69, 9.17) is 9.15 Å². The molecule has 2 rings (SSSR count). The molecule has 1 amide bonds. The van der Waals surface area contributed by atoms with Crippen molar-refractivity contribution in [2.45, 2.75) is 19.4 Å². The fourth-order valence-electron chi connectivity index (χ4n) is 2.09. The van der Waals surface area contributed by atoms with Gasteiger partial charge in [0.2, 0.25) is 5.91 Å². The largest absolute Gasteiger partial charge is 0.496 e. The van der Waals surface area contributed by atoms with Crippen LogP contribution in [0.4, 0.5) is 4.39 Å². The summed E-state index contributed by atoms with van der Waals surface area (Å²) in [6.07, 6.45) is 0.357. The Kier molecular flexibility index (Phi) is 4.93. The van der Waals surface area contributed by atoms with Crippen LogP contribution in [-0.4, -0.2) is 13.0 Å². The van der Waals surface area contributed by atoms with Gasteiger partial charge in [0.15, 0.2) is 0 Å². The molecule has 0 radical (unpaired) electrons. The maximum atomic E-state index is 13.0. The van der Waals surface area contributed by atoms with Gasteiger partial charge >= 0.3 is 5.63 Å². The normalized spacial score (nSPS) is 11.8. The van der Waals surface area contributed by atoms with Crippen LogP contribution in [-0.2, 0) is 11.2 Å². The van der Waals surface area contributed by atoms with E-state index in [1.807, 2.05) is 0 Å². The Labute approximate surface area is 126 Å². The third-order valence-corrected chi connectivity index (χ3v) is 3.07. The lowest BCUT2D eigenvalue weighted by molar-refractivity contribution is -0.119. The summed E-state index contributed by atoms with van der Waals surface area (Å²) in [6.45, 7) is 1.37. The van der Waals surface area contributed by atoms with Crippen LogP contribution in [0.25, 0.3) is 0 Å². The van der Waals surface area contributed by atoms with Crippen molar-refractivity contribution in [1.82, 2.24) is 5.32 Å². The van der Waals surface area contributed by atoms with Crippen molar-refractivity contribution in [3.8, 4) is 5.75 Å². The molecular formula is C16H16FNO4. The second kappa shape index (κ2) is 6.89. The quantitative estimate of drug-likeness (QED) is 0.919. The third-order valence-electron chi connectivity index (χ3n) is 3.07. The van der Waals surface area contributed by atoms with Gasteiger partial charge in [-0.3, -0.25) is 4.79 Å². The number of carbonyl (C=O) groups excluding carboxylic acids is 1. The number of ether oxygens (including phenoxy) is 1. The third kappa shape index (κ3) is 4.18. The van der Waals surface area contributed by atoms with Crippen LogP contribution >= 0.6 is 0 Å². The Morgan fingerprint density at radius 3 is 2.59 bits per heavy atom. The Morgan fingerprint density at radius 1 is 1.32 bits per heavy atom.